The van der Waals surface area contributed by atoms with Crippen LogP contribution in [0.15, 0.2) is 0 Å². The molecule has 0 spiro atoms. The van der Waals surface area contributed by atoms with Gasteiger partial charge in [-0.1, -0.05) is 13.8 Å². The number of hydrogen-bond acceptors (Lipinski definition) is 0. The summed E-state index contributed by atoms with van der Waals surface area (Å²) >= 11 is 0. The summed E-state index contributed by atoms with van der Waals surface area (Å²) in [6, 6.07) is 0. The third-order valence-corrected chi connectivity index (χ3v) is 6.77. The maximum absolute atomic E-state index is 2.55. The summed E-state index contributed by atoms with van der Waals surface area (Å²) < 4.78 is 0. The second kappa shape index (κ2) is 2.81. The summed E-state index contributed by atoms with van der Waals surface area (Å²) in [6.07, 6.45) is 7.97. The fourth-order valence-electron chi connectivity index (χ4n) is 6.49. The van der Waals surface area contributed by atoms with E-state index in [9.17, 15) is 0 Å². The molecule has 0 saturated heterocycles. The molecule has 2 bridgehead atoms. The highest BCUT2D eigenvalue weighted by molar-refractivity contribution is 5.09. The Morgan fingerprint density at radius 1 is 0.667 bits per heavy atom. The van der Waals surface area contributed by atoms with Crippen LogP contribution in [0.5, 0.6) is 0 Å². The molecule has 0 aromatic carbocycles. The van der Waals surface area contributed by atoms with E-state index in [1.165, 1.54) is 30.1 Å². The Bertz CT molecular complexity index is 278. The first-order valence-corrected chi connectivity index (χ1v) is 7.25. The smallest absolute Gasteiger partial charge is 0.0321 e. The van der Waals surface area contributed by atoms with Crippen molar-refractivity contribution in [3.8, 4) is 0 Å². The van der Waals surface area contributed by atoms with Gasteiger partial charge in [-0.25, -0.2) is 0 Å². The zero-order chi connectivity index (χ0) is 10.2. The molecule has 0 radical (unpaired) electrons. The van der Waals surface area contributed by atoms with Crippen molar-refractivity contribution >= 4 is 0 Å². The van der Waals surface area contributed by atoms with Gasteiger partial charge in [0, 0.05) is 0 Å². The second-order valence-electron chi connectivity index (χ2n) is 7.24. The van der Waals surface area contributed by atoms with Crippen molar-refractivity contribution in [2.75, 3.05) is 0 Å². The van der Waals surface area contributed by atoms with Crippen molar-refractivity contribution in [1.29, 1.82) is 0 Å². The van der Waals surface area contributed by atoms with Crippen LogP contribution in [-0.2, 0) is 0 Å². The van der Waals surface area contributed by atoms with Crippen LogP contribution in [0.1, 0.15) is 46.0 Å². The fourth-order valence-corrected chi connectivity index (χ4v) is 6.49. The van der Waals surface area contributed by atoms with Gasteiger partial charge < -0.3 is 0 Å². The lowest BCUT2D eigenvalue weighted by Gasteiger charge is -2.30. The number of fused-ring (bicyclic) bond motifs is 7. The Labute approximate surface area is 93.8 Å². The number of rotatable bonds is 0. The predicted molar refractivity (Wildman–Crippen MR) is 62.4 cm³/mol. The molecular weight excluding hydrogens is 180 g/mol. The van der Waals surface area contributed by atoms with E-state index in [1.807, 2.05) is 0 Å². The lowest BCUT2D eigenvalue weighted by atomic mass is 9.74. The first-order chi connectivity index (χ1) is 7.25. The second-order valence-corrected chi connectivity index (χ2v) is 7.24. The Hall–Kier alpha value is 0. The van der Waals surface area contributed by atoms with Crippen LogP contribution in [0.3, 0.4) is 0 Å². The first-order valence-electron chi connectivity index (χ1n) is 7.25. The molecule has 0 amide bonds. The van der Waals surface area contributed by atoms with E-state index < -0.39 is 0 Å². The van der Waals surface area contributed by atoms with Crippen LogP contribution in [-0.4, -0.2) is 0 Å². The van der Waals surface area contributed by atoms with Gasteiger partial charge in [-0.2, -0.15) is 0 Å². The highest BCUT2D eigenvalue weighted by Crippen LogP contribution is 2.67. The zero-order valence-corrected chi connectivity index (χ0v) is 10.2. The van der Waals surface area contributed by atoms with E-state index >= 15 is 0 Å². The largest absolute Gasteiger partial charge is 0.0622 e. The molecule has 0 aromatic rings. The van der Waals surface area contributed by atoms with E-state index in [4.69, 9.17) is 0 Å². The van der Waals surface area contributed by atoms with Crippen LogP contribution in [0, 0.1) is 47.3 Å². The van der Waals surface area contributed by atoms with Gasteiger partial charge in [-0.15, -0.1) is 0 Å². The molecule has 84 valence electrons. The molecule has 15 heavy (non-hydrogen) atoms. The molecule has 0 aromatic heterocycles. The summed E-state index contributed by atoms with van der Waals surface area (Å²) in [5, 5.41) is 0. The van der Waals surface area contributed by atoms with E-state index in [1.54, 1.807) is 25.7 Å². The minimum atomic E-state index is 1.05. The molecule has 0 heteroatoms. The lowest BCUT2D eigenvalue weighted by molar-refractivity contribution is 0.176. The van der Waals surface area contributed by atoms with Crippen molar-refractivity contribution in [2.45, 2.75) is 46.0 Å². The molecule has 4 saturated carbocycles. The van der Waals surface area contributed by atoms with Crippen molar-refractivity contribution in [3.63, 3.8) is 0 Å². The minimum absolute atomic E-state index is 1.05. The SMILES string of the molecule is CC1CC(C)C2C1CC1C3CCC(C3)C12. The van der Waals surface area contributed by atoms with Gasteiger partial charge in [0.25, 0.3) is 0 Å². The normalized spacial score (nSPS) is 66.0. The first kappa shape index (κ1) is 9.07. The van der Waals surface area contributed by atoms with Crippen LogP contribution >= 0.6 is 0 Å². The minimum Gasteiger partial charge on any atom is -0.0622 e. The molecule has 4 aliphatic rings. The van der Waals surface area contributed by atoms with Gasteiger partial charge in [0.2, 0.25) is 0 Å². The maximum atomic E-state index is 2.55. The summed E-state index contributed by atoms with van der Waals surface area (Å²) in [4.78, 5) is 0. The zero-order valence-electron chi connectivity index (χ0n) is 10.2. The monoisotopic (exact) mass is 204 g/mol. The molecule has 0 heterocycles. The molecule has 8 unspecified atom stereocenters. The van der Waals surface area contributed by atoms with Gasteiger partial charge in [0.05, 0.1) is 0 Å². The van der Waals surface area contributed by atoms with Crippen molar-refractivity contribution in [2.24, 2.45) is 47.3 Å². The molecule has 0 N–H and O–H groups in total. The summed E-state index contributed by atoms with van der Waals surface area (Å²) in [5.41, 5.74) is 0. The Kier molecular flexibility index (Phi) is 1.70. The van der Waals surface area contributed by atoms with Gasteiger partial charge in [0.1, 0.15) is 0 Å². The van der Waals surface area contributed by atoms with E-state index in [-0.39, 0.29) is 0 Å². The Balaban J connectivity index is 1.69. The average Bonchev–Trinajstić information content (AvgIpc) is 2.89. The third-order valence-electron chi connectivity index (χ3n) is 6.77. The highest BCUT2D eigenvalue weighted by atomic mass is 14.6. The van der Waals surface area contributed by atoms with Crippen molar-refractivity contribution in [1.82, 2.24) is 0 Å². The van der Waals surface area contributed by atoms with Gasteiger partial charge in [-0.3, -0.25) is 0 Å². The topological polar surface area (TPSA) is 0 Å². The van der Waals surface area contributed by atoms with Gasteiger partial charge in [0.15, 0.2) is 0 Å². The summed E-state index contributed by atoms with van der Waals surface area (Å²) in [5.74, 6) is 9.11. The van der Waals surface area contributed by atoms with E-state index in [0.717, 1.165) is 23.7 Å². The molecular formula is C15H24. The van der Waals surface area contributed by atoms with Crippen molar-refractivity contribution in [3.05, 3.63) is 0 Å². The summed E-state index contributed by atoms with van der Waals surface area (Å²) in [7, 11) is 0. The van der Waals surface area contributed by atoms with Crippen LogP contribution in [0.25, 0.3) is 0 Å². The van der Waals surface area contributed by atoms with Gasteiger partial charge >= 0.3 is 0 Å². The van der Waals surface area contributed by atoms with E-state index in [2.05, 4.69) is 13.8 Å². The molecule has 0 aliphatic heterocycles. The fraction of sp³-hybridized carbons (Fsp3) is 1.00. The van der Waals surface area contributed by atoms with Crippen LogP contribution in [0.4, 0.5) is 0 Å². The van der Waals surface area contributed by atoms with E-state index in [0.29, 0.717) is 0 Å². The van der Waals surface area contributed by atoms with Gasteiger partial charge in [-0.05, 0) is 79.4 Å². The Morgan fingerprint density at radius 3 is 2.33 bits per heavy atom. The molecule has 4 fully saturated rings. The summed E-state index contributed by atoms with van der Waals surface area (Å²) in [6.45, 7) is 5.08. The lowest BCUT2D eigenvalue weighted by Crippen LogP contribution is -2.25. The van der Waals surface area contributed by atoms with Crippen molar-refractivity contribution < 1.29 is 0 Å². The third kappa shape index (κ3) is 0.996. The van der Waals surface area contributed by atoms with Crippen LogP contribution in [0.2, 0.25) is 0 Å². The standard InChI is InChI=1S/C15H24/c1-8-5-9(2)14-12(8)7-13-10-3-4-11(6-10)15(13)14/h8-15H,3-7H2,1-2H3. The highest BCUT2D eigenvalue weighted by Gasteiger charge is 2.60. The molecule has 4 aliphatic carbocycles. The van der Waals surface area contributed by atoms with Crippen LogP contribution < -0.4 is 0 Å². The predicted octanol–water partition coefficient (Wildman–Crippen LogP) is 3.96. The molecule has 4 rings (SSSR count). The molecule has 0 nitrogen and oxygen atoms in total. The Morgan fingerprint density at radius 2 is 1.47 bits per heavy atom. The average molecular weight is 204 g/mol. The molecule has 8 atom stereocenters. The quantitative estimate of drug-likeness (QED) is 0.560. The maximum Gasteiger partial charge on any atom is -0.0321 e. The number of hydrogen-bond donors (Lipinski definition) is 0.